The van der Waals surface area contributed by atoms with Crippen molar-refractivity contribution >= 4 is 34.6 Å². The zero-order valence-electron chi connectivity index (χ0n) is 19.3. The molecule has 1 aromatic heterocycles. The number of phenolic OH excluding ortho intramolecular Hbond substituents is 1. The Morgan fingerprint density at radius 1 is 0.906 bits per heavy atom. The van der Waals surface area contributed by atoms with Crippen LogP contribution < -0.4 is 0 Å². The molecule has 0 bridgehead atoms. The summed E-state index contributed by atoms with van der Waals surface area (Å²) >= 11 is 12.1. The minimum atomic E-state index is 0. The van der Waals surface area contributed by atoms with E-state index in [9.17, 15) is 5.11 Å². The van der Waals surface area contributed by atoms with Gasteiger partial charge in [0.15, 0.2) is 0 Å². The molecular weight excluding hydrogens is 486 g/mol. The van der Waals surface area contributed by atoms with Crippen LogP contribution in [0, 0.1) is 7.43 Å². The second-order valence-electron chi connectivity index (χ2n) is 7.60. The van der Waals surface area contributed by atoms with Crippen molar-refractivity contribution in [2.45, 2.75) is 46.5 Å². The summed E-state index contributed by atoms with van der Waals surface area (Å²) in [5.74, 6) is 0.717. The minimum absolute atomic E-state index is 0. The van der Waals surface area contributed by atoms with Crippen molar-refractivity contribution in [1.82, 2.24) is 4.98 Å². The molecule has 0 saturated heterocycles. The van der Waals surface area contributed by atoms with Gasteiger partial charge in [-0.25, -0.2) is 0 Å². The Morgan fingerprint density at radius 3 is 1.84 bits per heavy atom. The number of aromatic nitrogens is 1. The number of para-hydroxylation sites is 1. The van der Waals surface area contributed by atoms with Crippen LogP contribution in [-0.4, -0.2) is 15.8 Å². The molecule has 3 nitrogen and oxygen atoms in total. The van der Waals surface area contributed by atoms with Gasteiger partial charge in [-0.2, -0.15) is 0 Å². The third-order valence-corrected chi connectivity index (χ3v) is 5.11. The van der Waals surface area contributed by atoms with Crippen LogP contribution in [0.2, 0.25) is 10.0 Å². The van der Waals surface area contributed by atoms with Crippen molar-refractivity contribution in [2.24, 2.45) is 4.99 Å². The van der Waals surface area contributed by atoms with E-state index in [1.165, 1.54) is 17.2 Å². The van der Waals surface area contributed by atoms with E-state index in [0.29, 0.717) is 28.1 Å². The Hall–Kier alpha value is -1.87. The minimum Gasteiger partial charge on any atom is -0.506 e. The van der Waals surface area contributed by atoms with Gasteiger partial charge < -0.3 is 12.5 Å². The molecule has 1 N–H and O–H groups in total. The molecule has 0 aliphatic heterocycles. The summed E-state index contributed by atoms with van der Waals surface area (Å²) in [5.41, 5.74) is 4.59. The van der Waals surface area contributed by atoms with Crippen molar-refractivity contribution in [3.63, 3.8) is 0 Å². The third-order valence-electron chi connectivity index (χ3n) is 4.61. The average Bonchev–Trinajstić information content (AvgIpc) is 2.72. The Bertz CT molecular complexity index is 953. The molecule has 0 aliphatic rings. The number of hydrogen-bond donors (Lipinski definition) is 1. The first-order valence-corrected chi connectivity index (χ1v) is 10.7. The first kappa shape index (κ1) is 30.1. The zero-order valence-corrected chi connectivity index (χ0v) is 21.8. The van der Waals surface area contributed by atoms with E-state index in [0.717, 1.165) is 5.69 Å². The monoisotopic (exact) mass is 515 g/mol. The topological polar surface area (TPSA) is 45.5 Å². The zero-order chi connectivity index (χ0) is 22.3. The van der Waals surface area contributed by atoms with Crippen LogP contribution in [0.1, 0.15) is 63.1 Å². The van der Waals surface area contributed by atoms with Crippen LogP contribution in [0.25, 0.3) is 0 Å². The first-order chi connectivity index (χ1) is 14.2. The quantitative estimate of drug-likeness (QED) is 0.214. The van der Waals surface area contributed by atoms with Crippen molar-refractivity contribution < 1.29 is 21.6 Å². The molecule has 176 valence electrons. The molecule has 3 rings (SSSR count). The van der Waals surface area contributed by atoms with Crippen molar-refractivity contribution in [1.29, 1.82) is 0 Å². The van der Waals surface area contributed by atoms with Gasteiger partial charge in [0, 0.05) is 45.2 Å². The number of halogens is 2. The Kier molecular flexibility index (Phi) is 13.5. The van der Waals surface area contributed by atoms with Crippen LogP contribution in [0.15, 0.2) is 65.9 Å². The third kappa shape index (κ3) is 8.24. The SMILES string of the molecule is CC(=Nc1c(C(C)C)cccc1C(C)C)c1cc(Cl)cc(Cl)c1O.[CH3-].[Ni].c1ccncc1. The predicted octanol–water partition coefficient (Wildman–Crippen LogP) is 8.62. The first-order valence-electron chi connectivity index (χ1n) is 9.93. The normalized spacial score (nSPS) is 10.7. The maximum Gasteiger partial charge on any atom is 0.143 e. The smallest absolute Gasteiger partial charge is 0.143 e. The molecule has 2 aromatic carbocycles. The summed E-state index contributed by atoms with van der Waals surface area (Å²) in [5, 5.41) is 11.0. The molecule has 0 unspecified atom stereocenters. The fourth-order valence-electron chi connectivity index (χ4n) is 3.02. The summed E-state index contributed by atoms with van der Waals surface area (Å²) in [6.45, 7) is 10.5. The van der Waals surface area contributed by atoms with E-state index in [1.807, 2.05) is 25.1 Å². The molecule has 1 heterocycles. The summed E-state index contributed by atoms with van der Waals surface area (Å²) in [6, 6.07) is 15.2. The summed E-state index contributed by atoms with van der Waals surface area (Å²) < 4.78 is 0. The van der Waals surface area contributed by atoms with Gasteiger partial charge in [0.25, 0.3) is 0 Å². The predicted molar refractivity (Wildman–Crippen MR) is 135 cm³/mol. The molecule has 0 saturated carbocycles. The van der Waals surface area contributed by atoms with E-state index >= 15 is 0 Å². The molecule has 0 fully saturated rings. The fourth-order valence-corrected chi connectivity index (χ4v) is 3.52. The van der Waals surface area contributed by atoms with E-state index in [4.69, 9.17) is 28.2 Å². The molecular formula is C26H31Cl2N2NiO-. The molecule has 0 amide bonds. The second-order valence-corrected chi connectivity index (χ2v) is 8.44. The Morgan fingerprint density at radius 2 is 1.44 bits per heavy atom. The molecule has 6 heteroatoms. The van der Waals surface area contributed by atoms with Crippen LogP contribution in [-0.2, 0) is 16.5 Å². The van der Waals surface area contributed by atoms with Crippen LogP contribution >= 0.6 is 23.2 Å². The van der Waals surface area contributed by atoms with E-state index < -0.39 is 0 Å². The number of phenols is 1. The van der Waals surface area contributed by atoms with Gasteiger partial charge in [0.1, 0.15) is 5.75 Å². The van der Waals surface area contributed by atoms with Gasteiger partial charge in [-0.15, -0.1) is 0 Å². The second kappa shape index (κ2) is 14.3. The molecule has 3 aromatic rings. The van der Waals surface area contributed by atoms with Crippen molar-refractivity contribution in [3.05, 3.63) is 95.1 Å². The number of rotatable bonds is 4. The summed E-state index contributed by atoms with van der Waals surface area (Å²) in [7, 11) is 0. The van der Waals surface area contributed by atoms with Gasteiger partial charge >= 0.3 is 0 Å². The van der Waals surface area contributed by atoms with Gasteiger partial charge in [0.2, 0.25) is 0 Å². The molecule has 0 atom stereocenters. The molecule has 0 aliphatic carbocycles. The maximum atomic E-state index is 10.3. The van der Waals surface area contributed by atoms with E-state index in [-0.39, 0.29) is 34.7 Å². The standard InChI is InChI=1S/C20H23Cl2NO.C5H5N.CH3.Ni/c1-11(2)15-7-6-8-16(12(3)4)19(15)23-13(5)17-9-14(21)10-18(22)20(17)24;1-2-4-6-5-3-1;;/h6-12,24H,1-5H3;1-5H;1H3;/q;;-1;. The van der Waals surface area contributed by atoms with Gasteiger partial charge in [-0.1, -0.05) is 75.2 Å². The van der Waals surface area contributed by atoms with Gasteiger partial charge in [-0.05, 0) is 54.2 Å². The number of benzene rings is 2. The molecule has 32 heavy (non-hydrogen) atoms. The van der Waals surface area contributed by atoms with Gasteiger partial charge in [0.05, 0.1) is 10.7 Å². The van der Waals surface area contributed by atoms with Crippen molar-refractivity contribution in [3.8, 4) is 5.75 Å². The summed E-state index contributed by atoms with van der Waals surface area (Å²) in [6.07, 6.45) is 3.50. The molecule has 0 spiro atoms. The van der Waals surface area contributed by atoms with E-state index in [1.54, 1.807) is 18.5 Å². The van der Waals surface area contributed by atoms with E-state index in [2.05, 4.69) is 50.9 Å². The maximum absolute atomic E-state index is 10.3. The number of pyridine rings is 1. The Labute approximate surface area is 212 Å². The molecule has 0 radical (unpaired) electrons. The largest absolute Gasteiger partial charge is 0.506 e. The van der Waals surface area contributed by atoms with Gasteiger partial charge in [-0.3, -0.25) is 9.98 Å². The van der Waals surface area contributed by atoms with Crippen LogP contribution in [0.3, 0.4) is 0 Å². The Balaban J connectivity index is 0.00000104. The number of hydrogen-bond acceptors (Lipinski definition) is 3. The number of aromatic hydroxyl groups is 1. The fraction of sp³-hybridized carbons (Fsp3) is 0.269. The average molecular weight is 517 g/mol. The van der Waals surface area contributed by atoms with Crippen LogP contribution in [0.5, 0.6) is 5.75 Å². The van der Waals surface area contributed by atoms with Crippen LogP contribution in [0.4, 0.5) is 5.69 Å². The number of nitrogens with zero attached hydrogens (tertiary/aromatic N) is 2. The van der Waals surface area contributed by atoms with Crippen molar-refractivity contribution in [2.75, 3.05) is 0 Å². The number of aliphatic imine (C=N–C) groups is 1. The summed E-state index contributed by atoms with van der Waals surface area (Å²) in [4.78, 5) is 8.64.